The second kappa shape index (κ2) is 4.88. The zero-order chi connectivity index (χ0) is 12.3. The van der Waals surface area contributed by atoms with Crippen LogP contribution in [-0.4, -0.2) is 16.8 Å². The predicted molar refractivity (Wildman–Crippen MR) is 66.9 cm³/mol. The molecule has 0 saturated heterocycles. The molecule has 0 aliphatic rings. The van der Waals surface area contributed by atoms with E-state index in [-0.39, 0.29) is 23.7 Å². The van der Waals surface area contributed by atoms with E-state index >= 15 is 0 Å². The van der Waals surface area contributed by atoms with Crippen molar-refractivity contribution in [3.63, 3.8) is 0 Å². The standard InChI is InChI=1S/C14H22O2/c1-5-14(3,4)11-6-7-13(16)12(8-11)10(2)9-15/h6-8,10,15-16H,5,9H2,1-4H3. The van der Waals surface area contributed by atoms with Gasteiger partial charge in [0.2, 0.25) is 0 Å². The monoisotopic (exact) mass is 222 g/mol. The number of aromatic hydroxyl groups is 1. The fourth-order valence-corrected chi connectivity index (χ4v) is 1.67. The van der Waals surface area contributed by atoms with Gasteiger partial charge in [-0.3, -0.25) is 0 Å². The van der Waals surface area contributed by atoms with Crippen molar-refractivity contribution in [1.82, 2.24) is 0 Å². The molecule has 0 spiro atoms. The largest absolute Gasteiger partial charge is 0.508 e. The summed E-state index contributed by atoms with van der Waals surface area (Å²) < 4.78 is 0. The molecule has 1 aromatic carbocycles. The number of hydrogen-bond acceptors (Lipinski definition) is 2. The molecule has 90 valence electrons. The van der Waals surface area contributed by atoms with E-state index in [1.807, 2.05) is 19.1 Å². The maximum atomic E-state index is 9.76. The van der Waals surface area contributed by atoms with Crippen molar-refractivity contribution in [2.45, 2.75) is 45.4 Å². The van der Waals surface area contributed by atoms with Gasteiger partial charge in [0.25, 0.3) is 0 Å². The molecule has 2 nitrogen and oxygen atoms in total. The summed E-state index contributed by atoms with van der Waals surface area (Å²) in [6, 6.07) is 5.71. The lowest BCUT2D eigenvalue weighted by molar-refractivity contribution is 0.270. The molecule has 16 heavy (non-hydrogen) atoms. The normalized spacial score (nSPS) is 13.8. The third-order valence-corrected chi connectivity index (χ3v) is 3.50. The number of benzene rings is 1. The Morgan fingerprint density at radius 1 is 1.31 bits per heavy atom. The molecule has 0 fully saturated rings. The molecule has 0 amide bonds. The summed E-state index contributed by atoms with van der Waals surface area (Å²) in [6.07, 6.45) is 1.05. The average molecular weight is 222 g/mol. The van der Waals surface area contributed by atoms with E-state index in [1.165, 1.54) is 5.56 Å². The molecular formula is C14H22O2. The van der Waals surface area contributed by atoms with E-state index in [0.29, 0.717) is 0 Å². The van der Waals surface area contributed by atoms with Crippen molar-refractivity contribution in [2.24, 2.45) is 0 Å². The predicted octanol–water partition coefficient (Wildman–Crippen LogP) is 3.18. The summed E-state index contributed by atoms with van der Waals surface area (Å²) in [7, 11) is 0. The highest BCUT2D eigenvalue weighted by atomic mass is 16.3. The Balaban J connectivity index is 3.17. The first kappa shape index (κ1) is 13.0. The van der Waals surface area contributed by atoms with Crippen molar-refractivity contribution >= 4 is 0 Å². The second-order valence-electron chi connectivity index (χ2n) is 5.09. The summed E-state index contributed by atoms with van der Waals surface area (Å²) in [5.74, 6) is 0.254. The van der Waals surface area contributed by atoms with Crippen LogP contribution in [-0.2, 0) is 5.41 Å². The van der Waals surface area contributed by atoms with Gasteiger partial charge in [0.1, 0.15) is 5.75 Å². The molecule has 1 aromatic rings. The van der Waals surface area contributed by atoms with Crippen LogP contribution in [0.15, 0.2) is 18.2 Å². The number of hydrogen-bond donors (Lipinski definition) is 2. The number of phenols is 1. The quantitative estimate of drug-likeness (QED) is 0.821. The highest BCUT2D eigenvalue weighted by Crippen LogP contribution is 2.33. The lowest BCUT2D eigenvalue weighted by Gasteiger charge is -2.25. The Morgan fingerprint density at radius 2 is 1.94 bits per heavy atom. The first-order valence-corrected chi connectivity index (χ1v) is 5.86. The van der Waals surface area contributed by atoms with E-state index in [9.17, 15) is 5.11 Å². The minimum absolute atomic E-state index is 0.0207. The molecule has 2 heteroatoms. The van der Waals surface area contributed by atoms with Crippen molar-refractivity contribution in [1.29, 1.82) is 0 Å². The van der Waals surface area contributed by atoms with Crippen LogP contribution in [0, 0.1) is 0 Å². The molecule has 0 heterocycles. The lowest BCUT2D eigenvalue weighted by atomic mass is 9.80. The highest BCUT2D eigenvalue weighted by molar-refractivity contribution is 5.40. The summed E-state index contributed by atoms with van der Waals surface area (Å²) >= 11 is 0. The van der Waals surface area contributed by atoms with Gasteiger partial charge in [0, 0.05) is 12.5 Å². The molecule has 0 bridgehead atoms. The maximum Gasteiger partial charge on any atom is 0.119 e. The van der Waals surface area contributed by atoms with Crippen molar-refractivity contribution < 1.29 is 10.2 Å². The smallest absolute Gasteiger partial charge is 0.119 e. The van der Waals surface area contributed by atoms with Gasteiger partial charge in [-0.1, -0.05) is 39.8 Å². The average Bonchev–Trinajstić information content (AvgIpc) is 2.28. The van der Waals surface area contributed by atoms with Crippen LogP contribution in [0.1, 0.15) is 51.2 Å². The van der Waals surface area contributed by atoms with E-state index in [2.05, 4.69) is 20.8 Å². The third-order valence-electron chi connectivity index (χ3n) is 3.50. The Labute approximate surface area is 97.9 Å². The molecule has 0 aromatic heterocycles. The topological polar surface area (TPSA) is 40.5 Å². The fraction of sp³-hybridized carbons (Fsp3) is 0.571. The molecule has 1 unspecified atom stereocenters. The third kappa shape index (κ3) is 2.56. The van der Waals surface area contributed by atoms with Gasteiger partial charge < -0.3 is 10.2 Å². The molecule has 0 radical (unpaired) electrons. The van der Waals surface area contributed by atoms with Crippen LogP contribution in [0.25, 0.3) is 0 Å². The van der Waals surface area contributed by atoms with Crippen LogP contribution in [0.5, 0.6) is 5.75 Å². The number of rotatable bonds is 4. The number of phenolic OH excluding ortho intramolecular Hbond substituents is 1. The van der Waals surface area contributed by atoms with Crippen LogP contribution in [0.4, 0.5) is 0 Å². The molecule has 0 aliphatic carbocycles. The van der Waals surface area contributed by atoms with Gasteiger partial charge in [-0.2, -0.15) is 0 Å². The summed E-state index contributed by atoms with van der Waals surface area (Å²) in [5, 5.41) is 18.9. The first-order chi connectivity index (χ1) is 7.42. The van der Waals surface area contributed by atoms with E-state index in [4.69, 9.17) is 5.11 Å². The SMILES string of the molecule is CCC(C)(C)c1ccc(O)c(C(C)CO)c1. The minimum Gasteiger partial charge on any atom is -0.508 e. The maximum absolute atomic E-state index is 9.76. The van der Waals surface area contributed by atoms with Crippen molar-refractivity contribution in [3.8, 4) is 5.75 Å². The Morgan fingerprint density at radius 3 is 2.44 bits per heavy atom. The Bertz CT molecular complexity index is 356. The number of aliphatic hydroxyl groups excluding tert-OH is 1. The van der Waals surface area contributed by atoms with Gasteiger partial charge in [-0.25, -0.2) is 0 Å². The van der Waals surface area contributed by atoms with Crippen molar-refractivity contribution in [2.75, 3.05) is 6.61 Å². The van der Waals surface area contributed by atoms with Gasteiger partial charge in [0.15, 0.2) is 0 Å². The summed E-state index contributed by atoms with van der Waals surface area (Å²) in [6.45, 7) is 8.50. The van der Waals surface area contributed by atoms with Gasteiger partial charge >= 0.3 is 0 Å². The fourth-order valence-electron chi connectivity index (χ4n) is 1.67. The molecule has 2 N–H and O–H groups in total. The van der Waals surface area contributed by atoms with Crippen LogP contribution >= 0.6 is 0 Å². The van der Waals surface area contributed by atoms with Gasteiger partial charge in [-0.05, 0) is 29.0 Å². The molecular weight excluding hydrogens is 200 g/mol. The summed E-state index contributed by atoms with van der Waals surface area (Å²) in [4.78, 5) is 0. The van der Waals surface area contributed by atoms with Gasteiger partial charge in [0.05, 0.1) is 0 Å². The van der Waals surface area contributed by atoms with Crippen LogP contribution in [0.3, 0.4) is 0 Å². The Hall–Kier alpha value is -1.02. The zero-order valence-corrected chi connectivity index (χ0v) is 10.6. The minimum atomic E-state index is -0.0207. The molecule has 1 rings (SSSR count). The zero-order valence-electron chi connectivity index (χ0n) is 10.6. The second-order valence-corrected chi connectivity index (χ2v) is 5.09. The summed E-state index contributed by atoms with van der Waals surface area (Å²) in [5.41, 5.74) is 2.15. The van der Waals surface area contributed by atoms with Crippen LogP contribution in [0.2, 0.25) is 0 Å². The first-order valence-electron chi connectivity index (χ1n) is 5.86. The molecule has 1 atom stereocenters. The lowest BCUT2D eigenvalue weighted by Crippen LogP contribution is -2.16. The highest BCUT2D eigenvalue weighted by Gasteiger charge is 2.20. The van der Waals surface area contributed by atoms with E-state index in [1.54, 1.807) is 6.07 Å². The van der Waals surface area contributed by atoms with Crippen molar-refractivity contribution in [3.05, 3.63) is 29.3 Å². The Kier molecular flexibility index (Phi) is 3.98. The van der Waals surface area contributed by atoms with E-state index < -0.39 is 0 Å². The van der Waals surface area contributed by atoms with Crippen LogP contribution < -0.4 is 0 Å². The van der Waals surface area contributed by atoms with E-state index in [0.717, 1.165) is 12.0 Å². The van der Waals surface area contributed by atoms with Gasteiger partial charge in [-0.15, -0.1) is 0 Å². The molecule has 0 aliphatic heterocycles. The molecule has 0 saturated carbocycles. The number of aliphatic hydroxyl groups is 1.